The molecule has 0 fully saturated rings. The third-order valence-corrected chi connectivity index (χ3v) is 2.84. The number of aromatic nitrogens is 1. The van der Waals surface area contributed by atoms with Crippen LogP contribution < -0.4 is 10.5 Å². The van der Waals surface area contributed by atoms with Gasteiger partial charge in [-0.05, 0) is 30.5 Å². The van der Waals surface area contributed by atoms with Crippen molar-refractivity contribution in [3.8, 4) is 5.75 Å². The molecule has 0 unspecified atom stereocenters. The summed E-state index contributed by atoms with van der Waals surface area (Å²) >= 11 is 0. The van der Waals surface area contributed by atoms with Crippen molar-refractivity contribution >= 4 is 16.8 Å². The number of fused-ring (bicyclic) bond motifs is 1. The van der Waals surface area contributed by atoms with E-state index in [1.807, 2.05) is 24.4 Å². The summed E-state index contributed by atoms with van der Waals surface area (Å²) in [6.45, 7) is 0. The number of aromatic amines is 1. The van der Waals surface area contributed by atoms with Gasteiger partial charge in [-0.25, -0.2) is 0 Å². The zero-order chi connectivity index (χ0) is 12.3. The Morgan fingerprint density at radius 1 is 1.47 bits per heavy atom. The Morgan fingerprint density at radius 2 is 2.29 bits per heavy atom. The van der Waals surface area contributed by atoms with Gasteiger partial charge < -0.3 is 15.5 Å². The number of nitrogens with one attached hydrogen (secondary N) is 1. The number of nitrogens with two attached hydrogens (primary N) is 1. The van der Waals surface area contributed by atoms with Gasteiger partial charge in [-0.2, -0.15) is 0 Å². The summed E-state index contributed by atoms with van der Waals surface area (Å²) in [5, 5.41) is 1.18. The van der Waals surface area contributed by atoms with Crippen molar-refractivity contribution in [3.63, 3.8) is 0 Å². The number of carbonyl (C=O) groups is 1. The molecule has 4 heteroatoms. The van der Waals surface area contributed by atoms with Crippen LogP contribution in [-0.4, -0.2) is 18.0 Å². The van der Waals surface area contributed by atoms with E-state index in [9.17, 15) is 4.79 Å². The van der Waals surface area contributed by atoms with Gasteiger partial charge in [-0.1, -0.05) is 0 Å². The maximum Gasteiger partial charge on any atom is 0.217 e. The average molecular weight is 232 g/mol. The van der Waals surface area contributed by atoms with Gasteiger partial charge in [-0.3, -0.25) is 4.79 Å². The third kappa shape index (κ3) is 2.58. The molecule has 0 aliphatic carbocycles. The van der Waals surface area contributed by atoms with Gasteiger partial charge in [0, 0.05) is 29.6 Å². The molecule has 2 rings (SSSR count). The molecule has 4 nitrogen and oxygen atoms in total. The van der Waals surface area contributed by atoms with Crippen molar-refractivity contribution in [2.45, 2.75) is 19.3 Å². The van der Waals surface area contributed by atoms with E-state index in [2.05, 4.69) is 4.98 Å². The highest BCUT2D eigenvalue weighted by molar-refractivity contribution is 5.84. The van der Waals surface area contributed by atoms with Crippen molar-refractivity contribution in [2.75, 3.05) is 7.11 Å². The summed E-state index contributed by atoms with van der Waals surface area (Å²) < 4.78 is 5.16. The smallest absolute Gasteiger partial charge is 0.217 e. The first-order valence-electron chi connectivity index (χ1n) is 5.63. The third-order valence-electron chi connectivity index (χ3n) is 2.84. The van der Waals surface area contributed by atoms with Crippen LogP contribution in [0.2, 0.25) is 0 Å². The van der Waals surface area contributed by atoms with E-state index in [-0.39, 0.29) is 5.91 Å². The molecule has 90 valence electrons. The fraction of sp³-hybridized carbons (Fsp3) is 0.308. The zero-order valence-corrected chi connectivity index (χ0v) is 9.82. The highest BCUT2D eigenvalue weighted by Gasteiger charge is 2.05. The minimum Gasteiger partial charge on any atom is -0.497 e. The van der Waals surface area contributed by atoms with Gasteiger partial charge in [0.1, 0.15) is 5.75 Å². The van der Waals surface area contributed by atoms with Crippen molar-refractivity contribution < 1.29 is 9.53 Å². The molecular formula is C13H16N2O2. The lowest BCUT2D eigenvalue weighted by atomic mass is 10.1. The lowest BCUT2D eigenvalue weighted by Gasteiger charge is -2.00. The number of primary amides is 1. The highest BCUT2D eigenvalue weighted by atomic mass is 16.5. The van der Waals surface area contributed by atoms with Crippen molar-refractivity contribution in [2.24, 2.45) is 5.73 Å². The number of amides is 1. The van der Waals surface area contributed by atoms with Crippen LogP contribution in [-0.2, 0) is 11.2 Å². The van der Waals surface area contributed by atoms with Crippen LogP contribution in [0.5, 0.6) is 5.75 Å². The molecular weight excluding hydrogens is 216 g/mol. The number of hydrogen-bond acceptors (Lipinski definition) is 2. The molecule has 0 aliphatic rings. The lowest BCUT2D eigenvalue weighted by molar-refractivity contribution is -0.118. The van der Waals surface area contributed by atoms with Gasteiger partial charge in [0.05, 0.1) is 7.11 Å². The maximum atomic E-state index is 10.7. The Bertz CT molecular complexity index is 531. The number of rotatable bonds is 5. The predicted molar refractivity (Wildman–Crippen MR) is 67.0 cm³/mol. The van der Waals surface area contributed by atoms with Crippen LogP contribution in [0.3, 0.4) is 0 Å². The summed E-state index contributed by atoms with van der Waals surface area (Å²) in [5.74, 6) is 0.592. The van der Waals surface area contributed by atoms with Crippen LogP contribution >= 0.6 is 0 Å². The fourth-order valence-electron chi connectivity index (χ4n) is 1.95. The topological polar surface area (TPSA) is 68.1 Å². The second-order valence-corrected chi connectivity index (χ2v) is 4.05. The van der Waals surface area contributed by atoms with Crippen molar-refractivity contribution in [3.05, 3.63) is 30.0 Å². The van der Waals surface area contributed by atoms with E-state index in [0.717, 1.165) is 24.1 Å². The average Bonchev–Trinajstić information content (AvgIpc) is 2.71. The van der Waals surface area contributed by atoms with Crippen LogP contribution in [0, 0.1) is 0 Å². The van der Waals surface area contributed by atoms with Crippen molar-refractivity contribution in [1.29, 1.82) is 0 Å². The predicted octanol–water partition coefficient (Wildman–Crippen LogP) is 1.98. The Labute approximate surface area is 99.8 Å². The summed E-state index contributed by atoms with van der Waals surface area (Å²) in [5.41, 5.74) is 7.39. The molecule has 17 heavy (non-hydrogen) atoms. The molecule has 1 amide bonds. The van der Waals surface area contributed by atoms with Gasteiger partial charge >= 0.3 is 0 Å². The number of benzene rings is 1. The quantitative estimate of drug-likeness (QED) is 0.827. The number of ether oxygens (including phenoxy) is 1. The summed E-state index contributed by atoms with van der Waals surface area (Å²) in [7, 11) is 1.65. The van der Waals surface area contributed by atoms with E-state index in [1.165, 1.54) is 10.9 Å². The summed E-state index contributed by atoms with van der Waals surface area (Å²) in [6, 6.07) is 5.94. The van der Waals surface area contributed by atoms with Gasteiger partial charge in [0.25, 0.3) is 0 Å². The first-order valence-corrected chi connectivity index (χ1v) is 5.63. The van der Waals surface area contributed by atoms with Crippen LogP contribution in [0.1, 0.15) is 18.4 Å². The number of aryl methyl sites for hydroxylation is 1. The van der Waals surface area contributed by atoms with E-state index in [4.69, 9.17) is 10.5 Å². The minimum absolute atomic E-state index is 0.244. The first kappa shape index (κ1) is 11.5. The molecule has 1 aromatic carbocycles. The van der Waals surface area contributed by atoms with Crippen molar-refractivity contribution in [1.82, 2.24) is 4.98 Å². The largest absolute Gasteiger partial charge is 0.497 e. The van der Waals surface area contributed by atoms with Gasteiger partial charge in [-0.15, -0.1) is 0 Å². The highest BCUT2D eigenvalue weighted by Crippen LogP contribution is 2.24. The van der Waals surface area contributed by atoms with E-state index < -0.39 is 0 Å². The molecule has 0 bridgehead atoms. The van der Waals surface area contributed by atoms with E-state index >= 15 is 0 Å². The van der Waals surface area contributed by atoms with Crippen LogP contribution in [0.25, 0.3) is 10.9 Å². The molecule has 0 spiro atoms. The molecule has 0 saturated carbocycles. The van der Waals surface area contributed by atoms with Gasteiger partial charge in [0.15, 0.2) is 0 Å². The SMILES string of the molecule is COc1ccc2c(CCCC(N)=O)c[nH]c2c1. The van der Waals surface area contributed by atoms with Gasteiger partial charge in [0.2, 0.25) is 5.91 Å². The second kappa shape index (κ2) is 4.91. The molecule has 2 aromatic rings. The number of methoxy groups -OCH3 is 1. The van der Waals surface area contributed by atoms with E-state index in [0.29, 0.717) is 6.42 Å². The standard InChI is InChI=1S/C13H16N2O2/c1-17-10-5-6-11-9(3-2-4-13(14)16)8-15-12(11)7-10/h5-8,15H,2-4H2,1H3,(H2,14,16). The molecule has 0 radical (unpaired) electrons. The molecule has 0 atom stereocenters. The van der Waals surface area contributed by atoms with Crippen LogP contribution in [0.15, 0.2) is 24.4 Å². The monoisotopic (exact) mass is 232 g/mol. The Kier molecular flexibility index (Phi) is 3.32. The first-order chi connectivity index (χ1) is 8.20. The number of hydrogen-bond donors (Lipinski definition) is 2. The zero-order valence-electron chi connectivity index (χ0n) is 9.82. The molecule has 0 saturated heterocycles. The number of H-pyrrole nitrogens is 1. The molecule has 3 N–H and O–H groups in total. The molecule has 1 heterocycles. The summed E-state index contributed by atoms with van der Waals surface area (Å²) in [6.07, 6.45) is 4.05. The second-order valence-electron chi connectivity index (χ2n) is 4.05. The molecule has 0 aliphatic heterocycles. The minimum atomic E-state index is -0.244. The fourth-order valence-corrected chi connectivity index (χ4v) is 1.95. The van der Waals surface area contributed by atoms with Crippen LogP contribution in [0.4, 0.5) is 0 Å². The number of carbonyl (C=O) groups excluding carboxylic acids is 1. The Hall–Kier alpha value is -1.97. The summed E-state index contributed by atoms with van der Waals surface area (Å²) in [4.78, 5) is 13.9. The maximum absolute atomic E-state index is 10.7. The van der Waals surface area contributed by atoms with E-state index in [1.54, 1.807) is 7.11 Å². The lowest BCUT2D eigenvalue weighted by Crippen LogP contribution is -2.10. The normalized spacial score (nSPS) is 10.6. The Balaban J connectivity index is 2.16. The molecule has 1 aromatic heterocycles. The Morgan fingerprint density at radius 3 is 3.00 bits per heavy atom.